The van der Waals surface area contributed by atoms with Gasteiger partial charge in [-0.1, -0.05) is 18.7 Å². The van der Waals surface area contributed by atoms with E-state index in [9.17, 15) is 4.79 Å². The first kappa shape index (κ1) is 24.2. The average Bonchev–Trinajstić information content (AvgIpc) is 3.55. The van der Waals surface area contributed by atoms with Crippen LogP contribution in [-0.2, 0) is 11.2 Å². The zero-order valence-electron chi connectivity index (χ0n) is 21.9. The first-order chi connectivity index (χ1) is 18.6. The molecule has 0 radical (unpaired) electrons. The number of piperazine rings is 1. The third kappa shape index (κ3) is 4.20. The number of hydrogen-bond acceptors (Lipinski definition) is 6. The number of nitrogens with zero attached hydrogens (tertiary/aromatic N) is 5. The molecule has 1 saturated heterocycles. The van der Waals surface area contributed by atoms with Gasteiger partial charge in [-0.3, -0.25) is 4.79 Å². The molecule has 2 aliphatic rings. The van der Waals surface area contributed by atoms with E-state index in [2.05, 4.69) is 57.7 Å². The molecule has 2 aliphatic heterocycles. The summed E-state index contributed by atoms with van der Waals surface area (Å²) in [6, 6.07) is 12.5. The predicted molar refractivity (Wildman–Crippen MR) is 152 cm³/mol. The molecule has 0 atom stereocenters. The van der Waals surface area contributed by atoms with E-state index in [4.69, 9.17) is 9.72 Å². The summed E-state index contributed by atoms with van der Waals surface area (Å²) in [4.78, 5) is 32.0. The summed E-state index contributed by atoms with van der Waals surface area (Å²) < 4.78 is 6.07. The van der Waals surface area contributed by atoms with Gasteiger partial charge in [0.2, 0.25) is 5.91 Å². The summed E-state index contributed by atoms with van der Waals surface area (Å²) in [5.41, 5.74) is 6.85. The van der Waals surface area contributed by atoms with Gasteiger partial charge in [-0.15, -0.1) is 0 Å². The van der Waals surface area contributed by atoms with Gasteiger partial charge in [0.05, 0.1) is 17.7 Å². The number of ether oxygens (including phenoxy) is 1. The van der Waals surface area contributed by atoms with Crippen LogP contribution < -0.4 is 14.5 Å². The van der Waals surface area contributed by atoms with Gasteiger partial charge in [0.1, 0.15) is 17.2 Å². The number of H-pyrrole nitrogens is 1. The zero-order chi connectivity index (χ0) is 26.2. The molecule has 38 heavy (non-hydrogen) atoms. The van der Waals surface area contributed by atoms with Crippen LogP contribution in [0.5, 0.6) is 5.75 Å². The van der Waals surface area contributed by atoms with Gasteiger partial charge in [0.25, 0.3) is 0 Å². The van der Waals surface area contributed by atoms with Crippen molar-refractivity contribution in [3.05, 3.63) is 67.0 Å². The van der Waals surface area contributed by atoms with E-state index < -0.39 is 0 Å². The highest BCUT2D eigenvalue weighted by atomic mass is 16.5. The number of fused-ring (bicyclic) bond motifs is 2. The second kappa shape index (κ2) is 9.95. The van der Waals surface area contributed by atoms with Crippen LogP contribution in [-0.4, -0.2) is 72.1 Å². The van der Waals surface area contributed by atoms with Crippen molar-refractivity contribution in [1.29, 1.82) is 0 Å². The third-order valence-electron chi connectivity index (χ3n) is 7.53. The zero-order valence-corrected chi connectivity index (χ0v) is 21.9. The molecule has 3 aromatic heterocycles. The summed E-state index contributed by atoms with van der Waals surface area (Å²) in [6.07, 6.45) is 5.86. The van der Waals surface area contributed by atoms with E-state index in [1.807, 2.05) is 25.3 Å². The molecule has 8 heteroatoms. The minimum Gasteiger partial charge on any atom is -0.493 e. The lowest BCUT2D eigenvalue weighted by molar-refractivity contribution is -0.114. The number of benzene rings is 1. The Hall–Kier alpha value is -4.17. The Kier molecular flexibility index (Phi) is 6.33. The number of anilines is 2. The van der Waals surface area contributed by atoms with E-state index in [0.717, 1.165) is 88.8 Å². The third-order valence-corrected chi connectivity index (χ3v) is 7.53. The van der Waals surface area contributed by atoms with Crippen molar-refractivity contribution >= 4 is 28.4 Å². The second-order valence-electron chi connectivity index (χ2n) is 9.82. The van der Waals surface area contributed by atoms with Crippen molar-refractivity contribution < 1.29 is 9.53 Å². The van der Waals surface area contributed by atoms with Crippen molar-refractivity contribution in [3.8, 4) is 28.1 Å². The van der Waals surface area contributed by atoms with Gasteiger partial charge in [0, 0.05) is 61.9 Å². The number of carbonyl (C=O) groups is 1. The van der Waals surface area contributed by atoms with Crippen LogP contribution in [0.2, 0.25) is 0 Å². The number of rotatable bonds is 6. The topological polar surface area (TPSA) is 77.6 Å². The molecule has 0 unspecified atom stereocenters. The lowest BCUT2D eigenvalue weighted by atomic mass is 9.97. The molecule has 1 fully saturated rings. The van der Waals surface area contributed by atoms with Gasteiger partial charge in [-0.2, -0.15) is 0 Å². The predicted octanol–water partition coefficient (Wildman–Crippen LogP) is 4.52. The number of aromatic nitrogens is 3. The minimum atomic E-state index is -0.0809. The Bertz CT molecular complexity index is 1520. The van der Waals surface area contributed by atoms with Crippen molar-refractivity contribution in [3.63, 3.8) is 0 Å². The standard InChI is InChI=1S/C30H32N6O2/c1-4-26(37)36-13-10-20-6-7-21(18-23(20)36)27-28-24(38-5-2)9-12-32-30(28)33-29(27)22-8-11-31-25(19-22)35-16-14-34(3)15-17-35/h4,6-9,11-12,18-19H,1,5,10,13-17H2,2-3H3,(H,32,33). The smallest absolute Gasteiger partial charge is 0.250 e. The van der Waals surface area contributed by atoms with Crippen LogP contribution in [0.3, 0.4) is 0 Å². The van der Waals surface area contributed by atoms with Crippen molar-refractivity contribution in [2.45, 2.75) is 13.3 Å². The number of hydrogen-bond donors (Lipinski definition) is 1. The summed E-state index contributed by atoms with van der Waals surface area (Å²) >= 11 is 0. The minimum absolute atomic E-state index is 0.0809. The van der Waals surface area contributed by atoms with Crippen LogP contribution >= 0.6 is 0 Å². The molecular formula is C30H32N6O2. The largest absolute Gasteiger partial charge is 0.493 e. The maximum atomic E-state index is 12.6. The number of amides is 1. The highest BCUT2D eigenvalue weighted by Gasteiger charge is 2.26. The lowest BCUT2D eigenvalue weighted by Gasteiger charge is -2.33. The lowest BCUT2D eigenvalue weighted by Crippen LogP contribution is -2.44. The molecule has 4 aromatic rings. The fraction of sp³-hybridized carbons (Fsp3) is 0.300. The number of carbonyl (C=O) groups excluding carboxylic acids is 1. The first-order valence-corrected chi connectivity index (χ1v) is 13.2. The molecule has 194 valence electrons. The Morgan fingerprint density at radius 3 is 2.66 bits per heavy atom. The quantitative estimate of drug-likeness (QED) is 0.386. The highest BCUT2D eigenvalue weighted by Crippen LogP contribution is 2.44. The van der Waals surface area contributed by atoms with Crippen molar-refractivity contribution in [2.75, 3.05) is 56.2 Å². The first-order valence-electron chi connectivity index (χ1n) is 13.2. The Morgan fingerprint density at radius 2 is 1.87 bits per heavy atom. The second-order valence-corrected chi connectivity index (χ2v) is 9.82. The van der Waals surface area contributed by atoms with Gasteiger partial charge in [0.15, 0.2) is 0 Å². The summed E-state index contributed by atoms with van der Waals surface area (Å²) in [5, 5.41) is 0.932. The SMILES string of the molecule is C=CC(=O)N1CCc2ccc(-c3c(-c4ccnc(N5CCN(C)CC5)c4)[nH]c4nccc(OCC)c34)cc21. The van der Waals surface area contributed by atoms with Crippen LogP contribution in [0, 0.1) is 0 Å². The highest BCUT2D eigenvalue weighted by molar-refractivity contribution is 6.07. The Labute approximate surface area is 222 Å². The molecule has 0 bridgehead atoms. The maximum absolute atomic E-state index is 12.6. The maximum Gasteiger partial charge on any atom is 0.250 e. The van der Waals surface area contributed by atoms with Crippen LogP contribution in [0.25, 0.3) is 33.4 Å². The van der Waals surface area contributed by atoms with E-state index in [0.29, 0.717) is 13.2 Å². The summed E-state index contributed by atoms with van der Waals surface area (Å²) in [5.74, 6) is 1.67. The number of pyridine rings is 2. The van der Waals surface area contributed by atoms with E-state index >= 15 is 0 Å². The summed E-state index contributed by atoms with van der Waals surface area (Å²) in [7, 11) is 2.15. The number of aromatic amines is 1. The molecule has 1 N–H and O–H groups in total. The normalized spacial score (nSPS) is 15.6. The van der Waals surface area contributed by atoms with Crippen molar-refractivity contribution in [1.82, 2.24) is 19.9 Å². The molecule has 0 spiro atoms. The monoisotopic (exact) mass is 508 g/mol. The molecule has 1 aromatic carbocycles. The molecule has 0 saturated carbocycles. The fourth-order valence-corrected chi connectivity index (χ4v) is 5.52. The Balaban J connectivity index is 1.53. The molecular weight excluding hydrogens is 476 g/mol. The van der Waals surface area contributed by atoms with Gasteiger partial charge in [-0.05, 0) is 61.9 Å². The van der Waals surface area contributed by atoms with Crippen LogP contribution in [0.15, 0.2) is 61.4 Å². The van der Waals surface area contributed by atoms with Gasteiger partial charge >= 0.3 is 0 Å². The average molecular weight is 509 g/mol. The van der Waals surface area contributed by atoms with Crippen LogP contribution in [0.1, 0.15) is 12.5 Å². The van der Waals surface area contributed by atoms with E-state index in [1.165, 1.54) is 6.08 Å². The fourth-order valence-electron chi connectivity index (χ4n) is 5.52. The number of nitrogens with one attached hydrogen (secondary N) is 1. The molecule has 5 heterocycles. The molecule has 6 rings (SSSR count). The number of likely N-dealkylation sites (N-methyl/N-ethyl adjacent to an activating group) is 1. The van der Waals surface area contributed by atoms with Gasteiger partial charge in [-0.25, -0.2) is 9.97 Å². The van der Waals surface area contributed by atoms with Crippen LogP contribution in [0.4, 0.5) is 11.5 Å². The van der Waals surface area contributed by atoms with Crippen molar-refractivity contribution in [2.24, 2.45) is 0 Å². The van der Waals surface area contributed by atoms with E-state index in [-0.39, 0.29) is 5.91 Å². The van der Waals surface area contributed by atoms with E-state index in [1.54, 1.807) is 11.1 Å². The van der Waals surface area contributed by atoms with Gasteiger partial charge < -0.3 is 24.4 Å². The molecule has 0 aliphatic carbocycles. The molecule has 8 nitrogen and oxygen atoms in total. The Morgan fingerprint density at radius 1 is 1.05 bits per heavy atom. The summed E-state index contributed by atoms with van der Waals surface area (Å²) in [6.45, 7) is 10.8. The molecule has 1 amide bonds.